The van der Waals surface area contributed by atoms with Gasteiger partial charge in [0.25, 0.3) is 6.08 Å². The van der Waals surface area contributed by atoms with Gasteiger partial charge in [-0.3, -0.25) is 0 Å². The van der Waals surface area contributed by atoms with Crippen molar-refractivity contribution in [3.8, 4) is 0 Å². The van der Waals surface area contributed by atoms with Crippen molar-refractivity contribution >= 4 is 0 Å². The van der Waals surface area contributed by atoms with Crippen molar-refractivity contribution in [2.75, 3.05) is 13.7 Å². The average molecular weight is 355 g/mol. The summed E-state index contributed by atoms with van der Waals surface area (Å²) in [5.41, 5.74) is 0. The minimum atomic E-state index is -1.48. The molecule has 25 heavy (non-hydrogen) atoms. The van der Waals surface area contributed by atoms with E-state index in [-0.39, 0.29) is 5.92 Å². The molecule has 1 nitrogen and oxygen atoms in total. The number of methoxy groups -OCH3 is 1. The van der Waals surface area contributed by atoms with Gasteiger partial charge >= 0.3 is 0 Å². The predicted molar refractivity (Wildman–Crippen MR) is 98.5 cm³/mol. The molecule has 0 radical (unpaired) electrons. The smallest absolute Gasteiger partial charge is 0.266 e. The minimum Gasteiger partial charge on any atom is -0.384 e. The first-order chi connectivity index (χ1) is 12.2. The summed E-state index contributed by atoms with van der Waals surface area (Å²) in [5.74, 6) is 4.55. The standard InChI is InChI=1S/C22H36F2O/c1-25-15-17-4-8-19(9-5-17)21-12-10-20(11-13-21)18-6-2-16(3-7-18)14-22(23)24/h14,16-21H,2-13,15H2,1H3. The maximum absolute atomic E-state index is 12.4. The summed E-state index contributed by atoms with van der Waals surface area (Å²) in [4.78, 5) is 0. The van der Waals surface area contributed by atoms with Crippen LogP contribution in [0.25, 0.3) is 0 Å². The van der Waals surface area contributed by atoms with Crippen LogP contribution in [-0.4, -0.2) is 13.7 Å². The average Bonchev–Trinajstić information content (AvgIpc) is 2.63. The van der Waals surface area contributed by atoms with E-state index in [0.717, 1.165) is 49.0 Å². The zero-order valence-electron chi connectivity index (χ0n) is 15.9. The van der Waals surface area contributed by atoms with Crippen LogP contribution >= 0.6 is 0 Å². The Morgan fingerprint density at radius 3 is 1.52 bits per heavy atom. The molecule has 0 amide bonds. The molecule has 0 aromatic carbocycles. The Labute approximate surface area is 152 Å². The zero-order chi connectivity index (χ0) is 17.6. The Balaban J connectivity index is 1.37. The van der Waals surface area contributed by atoms with Crippen LogP contribution in [-0.2, 0) is 4.74 Å². The Morgan fingerprint density at radius 2 is 1.12 bits per heavy atom. The van der Waals surface area contributed by atoms with Crippen molar-refractivity contribution < 1.29 is 13.5 Å². The summed E-state index contributed by atoms with van der Waals surface area (Å²) >= 11 is 0. The highest BCUT2D eigenvalue weighted by Gasteiger charge is 2.34. The molecule has 0 N–H and O–H groups in total. The molecule has 0 saturated heterocycles. The summed E-state index contributed by atoms with van der Waals surface area (Å²) < 4.78 is 30.2. The van der Waals surface area contributed by atoms with E-state index in [0.29, 0.717) is 0 Å². The first-order valence-corrected chi connectivity index (χ1v) is 10.7. The second-order valence-corrected chi connectivity index (χ2v) is 9.04. The molecule has 3 heteroatoms. The molecule has 3 rings (SSSR count). The Bertz CT molecular complexity index is 408. The molecule has 0 spiro atoms. The van der Waals surface area contributed by atoms with Crippen LogP contribution < -0.4 is 0 Å². The van der Waals surface area contributed by atoms with Gasteiger partial charge in [0.05, 0.1) is 0 Å². The molecule has 144 valence electrons. The molecule has 3 fully saturated rings. The monoisotopic (exact) mass is 354 g/mol. The summed E-state index contributed by atoms with van der Waals surface area (Å²) in [6.45, 7) is 0.948. The highest BCUT2D eigenvalue weighted by Crippen LogP contribution is 2.46. The van der Waals surface area contributed by atoms with E-state index in [2.05, 4.69) is 0 Å². The van der Waals surface area contributed by atoms with E-state index in [1.54, 1.807) is 0 Å². The van der Waals surface area contributed by atoms with Crippen LogP contribution in [0.1, 0.15) is 77.0 Å². The van der Waals surface area contributed by atoms with Gasteiger partial charge in [0.1, 0.15) is 0 Å². The Hall–Kier alpha value is -0.440. The number of allylic oxidation sites excluding steroid dienone is 1. The minimum absolute atomic E-state index is 0.139. The van der Waals surface area contributed by atoms with E-state index in [9.17, 15) is 8.78 Å². The fourth-order valence-corrected chi connectivity index (χ4v) is 6.11. The molecule has 0 atom stereocenters. The van der Waals surface area contributed by atoms with E-state index in [4.69, 9.17) is 4.74 Å². The lowest BCUT2D eigenvalue weighted by Crippen LogP contribution is -2.30. The maximum Gasteiger partial charge on any atom is 0.266 e. The molecule has 0 unspecified atom stereocenters. The number of rotatable bonds is 5. The first-order valence-electron chi connectivity index (χ1n) is 10.7. The van der Waals surface area contributed by atoms with Gasteiger partial charge in [0.15, 0.2) is 0 Å². The van der Waals surface area contributed by atoms with Gasteiger partial charge in [-0.2, -0.15) is 8.78 Å². The molecule has 3 aliphatic carbocycles. The number of hydrogen-bond acceptors (Lipinski definition) is 1. The summed E-state index contributed by atoms with van der Waals surface area (Å²) in [5, 5.41) is 0. The van der Waals surface area contributed by atoms with Crippen molar-refractivity contribution in [1.29, 1.82) is 0 Å². The molecule has 3 saturated carbocycles. The quantitative estimate of drug-likeness (QED) is 0.525. The van der Waals surface area contributed by atoms with Gasteiger partial charge in [-0.15, -0.1) is 0 Å². The lowest BCUT2D eigenvalue weighted by atomic mass is 9.65. The van der Waals surface area contributed by atoms with Gasteiger partial charge in [-0.1, -0.05) is 0 Å². The van der Waals surface area contributed by atoms with E-state index >= 15 is 0 Å². The van der Waals surface area contributed by atoms with Crippen LogP contribution in [0.2, 0.25) is 0 Å². The van der Waals surface area contributed by atoms with E-state index < -0.39 is 6.08 Å². The van der Waals surface area contributed by atoms with Crippen LogP contribution in [0, 0.1) is 35.5 Å². The molecule has 3 aliphatic rings. The topological polar surface area (TPSA) is 9.23 Å². The fourth-order valence-electron chi connectivity index (χ4n) is 6.11. The van der Waals surface area contributed by atoms with Gasteiger partial charge in [0.2, 0.25) is 0 Å². The van der Waals surface area contributed by atoms with Gasteiger partial charge in [-0.25, -0.2) is 0 Å². The summed E-state index contributed by atoms with van der Waals surface area (Å²) in [6, 6.07) is 0. The third kappa shape index (κ3) is 5.52. The second kappa shape index (κ2) is 9.48. The highest BCUT2D eigenvalue weighted by atomic mass is 19.3. The first kappa shape index (κ1) is 19.3. The SMILES string of the molecule is COCC1CCC(C2CCC(C3CCC(C=C(F)F)CC3)CC2)CC1. The summed E-state index contributed by atoms with van der Waals surface area (Å²) in [6.07, 6.45) is 15.2. The molecule has 0 aliphatic heterocycles. The lowest BCUT2D eigenvalue weighted by molar-refractivity contribution is 0.0819. The number of ether oxygens (including phenoxy) is 1. The Morgan fingerprint density at radius 1 is 0.720 bits per heavy atom. The van der Waals surface area contributed by atoms with Crippen molar-refractivity contribution in [3.05, 3.63) is 12.2 Å². The van der Waals surface area contributed by atoms with Crippen molar-refractivity contribution in [3.63, 3.8) is 0 Å². The number of hydrogen-bond donors (Lipinski definition) is 0. The second-order valence-electron chi connectivity index (χ2n) is 9.04. The molecular formula is C22H36F2O. The third-order valence-corrected chi connectivity index (χ3v) is 7.62. The zero-order valence-corrected chi connectivity index (χ0v) is 15.9. The van der Waals surface area contributed by atoms with Crippen LogP contribution in [0.4, 0.5) is 8.78 Å². The van der Waals surface area contributed by atoms with Crippen LogP contribution in [0.3, 0.4) is 0 Å². The van der Waals surface area contributed by atoms with E-state index in [1.165, 1.54) is 70.3 Å². The lowest BCUT2D eigenvalue weighted by Gasteiger charge is -2.41. The molecular weight excluding hydrogens is 318 g/mol. The molecule has 0 aromatic heterocycles. The predicted octanol–water partition coefficient (Wildman–Crippen LogP) is 6.83. The largest absolute Gasteiger partial charge is 0.384 e. The van der Waals surface area contributed by atoms with Gasteiger partial charge in [-0.05, 0) is 119 Å². The van der Waals surface area contributed by atoms with E-state index in [1.807, 2.05) is 7.11 Å². The molecule has 0 heterocycles. The third-order valence-electron chi connectivity index (χ3n) is 7.62. The van der Waals surface area contributed by atoms with Crippen LogP contribution in [0.5, 0.6) is 0 Å². The van der Waals surface area contributed by atoms with Gasteiger partial charge in [0, 0.05) is 13.7 Å². The highest BCUT2D eigenvalue weighted by molar-refractivity contribution is 4.92. The van der Waals surface area contributed by atoms with Crippen molar-refractivity contribution in [1.82, 2.24) is 0 Å². The van der Waals surface area contributed by atoms with Gasteiger partial charge < -0.3 is 4.74 Å². The molecule has 0 aromatic rings. The normalized spacial score (nSPS) is 39.8. The molecule has 0 bridgehead atoms. The Kier molecular flexibility index (Phi) is 7.33. The number of halogens is 2. The maximum atomic E-state index is 12.4. The fraction of sp³-hybridized carbons (Fsp3) is 0.909. The van der Waals surface area contributed by atoms with Crippen molar-refractivity contribution in [2.24, 2.45) is 35.5 Å². The van der Waals surface area contributed by atoms with Crippen LogP contribution in [0.15, 0.2) is 12.2 Å². The summed E-state index contributed by atoms with van der Waals surface area (Å²) in [7, 11) is 1.82. The van der Waals surface area contributed by atoms with Crippen molar-refractivity contribution in [2.45, 2.75) is 77.0 Å².